The van der Waals surface area contributed by atoms with E-state index in [1.165, 1.54) is 0 Å². The molecule has 0 aliphatic heterocycles. The van der Waals surface area contributed by atoms with Crippen molar-refractivity contribution in [2.24, 2.45) is 0 Å². The minimum absolute atomic E-state index is 0.134. The second-order valence-electron chi connectivity index (χ2n) is 4.31. The summed E-state index contributed by atoms with van der Waals surface area (Å²) in [6.45, 7) is 8.35. The van der Waals surface area contributed by atoms with Crippen LogP contribution in [0, 0.1) is 0 Å². The minimum Gasteiger partial charge on any atom is -0.444 e. The van der Waals surface area contributed by atoms with Gasteiger partial charge in [-0.15, -0.1) is 0 Å². The topological polar surface area (TPSA) is 50.4 Å². The monoisotopic (exact) mass is 202 g/mol. The van der Waals surface area contributed by atoms with Gasteiger partial charge in [0.1, 0.15) is 5.60 Å². The van der Waals surface area contributed by atoms with E-state index in [9.17, 15) is 4.79 Å². The van der Waals surface area contributed by atoms with Crippen molar-refractivity contribution < 1.29 is 9.53 Å². The van der Waals surface area contributed by atoms with Gasteiger partial charge < -0.3 is 15.4 Å². The average molecular weight is 202 g/mol. The quantitative estimate of drug-likeness (QED) is 0.726. The van der Waals surface area contributed by atoms with Crippen molar-refractivity contribution >= 4 is 6.09 Å². The first kappa shape index (κ1) is 13.2. The molecule has 0 aromatic heterocycles. The number of ether oxygens (including phenoxy) is 1. The SMILES string of the molecule is CC[C@H](CNC)NC(=O)OC(C)(C)C. The molecule has 4 heteroatoms. The molecule has 1 atom stereocenters. The number of hydrogen-bond acceptors (Lipinski definition) is 3. The van der Waals surface area contributed by atoms with E-state index in [0.717, 1.165) is 13.0 Å². The normalized spacial score (nSPS) is 13.5. The Hall–Kier alpha value is -0.770. The number of carbonyl (C=O) groups excluding carboxylic acids is 1. The molecule has 0 unspecified atom stereocenters. The first-order chi connectivity index (χ1) is 6.39. The first-order valence-electron chi connectivity index (χ1n) is 5.03. The molecule has 14 heavy (non-hydrogen) atoms. The van der Waals surface area contributed by atoms with E-state index >= 15 is 0 Å². The van der Waals surface area contributed by atoms with Gasteiger partial charge in [0.25, 0.3) is 0 Å². The number of hydrogen-bond donors (Lipinski definition) is 2. The van der Waals surface area contributed by atoms with Crippen LogP contribution in [0.1, 0.15) is 34.1 Å². The second-order valence-corrected chi connectivity index (χ2v) is 4.31. The van der Waals surface area contributed by atoms with Crippen LogP contribution in [0.15, 0.2) is 0 Å². The maximum atomic E-state index is 11.3. The molecule has 0 saturated carbocycles. The first-order valence-corrected chi connectivity index (χ1v) is 5.03. The highest BCUT2D eigenvalue weighted by Crippen LogP contribution is 2.06. The van der Waals surface area contributed by atoms with Gasteiger partial charge in [-0.2, -0.15) is 0 Å². The number of alkyl carbamates (subject to hydrolysis) is 1. The smallest absolute Gasteiger partial charge is 0.407 e. The van der Waals surface area contributed by atoms with Crippen LogP contribution < -0.4 is 10.6 Å². The van der Waals surface area contributed by atoms with E-state index in [1.54, 1.807) is 0 Å². The van der Waals surface area contributed by atoms with Crippen molar-refractivity contribution in [3.05, 3.63) is 0 Å². The summed E-state index contributed by atoms with van der Waals surface area (Å²) >= 11 is 0. The molecule has 0 aliphatic carbocycles. The number of amides is 1. The minimum atomic E-state index is -0.429. The van der Waals surface area contributed by atoms with Crippen molar-refractivity contribution in [2.75, 3.05) is 13.6 Å². The van der Waals surface area contributed by atoms with Gasteiger partial charge in [0.2, 0.25) is 0 Å². The van der Waals surface area contributed by atoms with Gasteiger partial charge >= 0.3 is 6.09 Å². The highest BCUT2D eigenvalue weighted by Gasteiger charge is 2.18. The van der Waals surface area contributed by atoms with E-state index in [0.29, 0.717) is 0 Å². The van der Waals surface area contributed by atoms with Crippen LogP contribution in [0.25, 0.3) is 0 Å². The van der Waals surface area contributed by atoms with Gasteiger partial charge in [0, 0.05) is 12.6 Å². The van der Waals surface area contributed by atoms with E-state index in [4.69, 9.17) is 4.74 Å². The highest BCUT2D eigenvalue weighted by molar-refractivity contribution is 5.68. The van der Waals surface area contributed by atoms with Crippen LogP contribution in [-0.2, 0) is 4.74 Å². The summed E-state index contributed by atoms with van der Waals surface area (Å²) in [4.78, 5) is 11.3. The number of likely N-dealkylation sites (N-methyl/N-ethyl adjacent to an activating group) is 1. The zero-order valence-electron chi connectivity index (χ0n) is 9.81. The van der Waals surface area contributed by atoms with E-state index < -0.39 is 5.60 Å². The largest absolute Gasteiger partial charge is 0.444 e. The maximum absolute atomic E-state index is 11.3. The van der Waals surface area contributed by atoms with Crippen molar-refractivity contribution in [3.63, 3.8) is 0 Å². The number of carbonyl (C=O) groups is 1. The fraction of sp³-hybridized carbons (Fsp3) is 0.900. The van der Waals surface area contributed by atoms with Crippen molar-refractivity contribution in [3.8, 4) is 0 Å². The summed E-state index contributed by atoms with van der Waals surface area (Å²) in [6.07, 6.45) is 0.541. The Kier molecular flexibility index (Phi) is 5.53. The van der Waals surface area contributed by atoms with Gasteiger partial charge in [0.05, 0.1) is 0 Å². The zero-order chi connectivity index (χ0) is 11.2. The van der Waals surface area contributed by atoms with Crippen LogP contribution in [0.2, 0.25) is 0 Å². The lowest BCUT2D eigenvalue weighted by atomic mass is 10.2. The molecule has 0 aromatic rings. The predicted octanol–water partition coefficient (Wildman–Crippen LogP) is 1.51. The third-order valence-electron chi connectivity index (χ3n) is 1.66. The van der Waals surface area contributed by atoms with E-state index in [-0.39, 0.29) is 12.1 Å². The molecule has 1 amide bonds. The fourth-order valence-electron chi connectivity index (χ4n) is 1.02. The Morgan fingerprint density at radius 2 is 2.00 bits per heavy atom. The molecule has 0 rings (SSSR count). The van der Waals surface area contributed by atoms with Crippen LogP contribution >= 0.6 is 0 Å². The highest BCUT2D eigenvalue weighted by atomic mass is 16.6. The average Bonchev–Trinajstić information content (AvgIpc) is 2.00. The summed E-state index contributed by atoms with van der Waals surface area (Å²) in [5, 5.41) is 5.82. The molecule has 0 aromatic carbocycles. The lowest BCUT2D eigenvalue weighted by Crippen LogP contribution is -2.43. The van der Waals surface area contributed by atoms with Gasteiger partial charge in [-0.1, -0.05) is 6.92 Å². The predicted molar refractivity (Wildman–Crippen MR) is 57.4 cm³/mol. The molecule has 0 saturated heterocycles. The molecule has 0 fully saturated rings. The zero-order valence-corrected chi connectivity index (χ0v) is 9.81. The third kappa shape index (κ3) is 6.71. The summed E-state index contributed by atoms with van der Waals surface area (Å²) < 4.78 is 5.14. The van der Waals surface area contributed by atoms with Gasteiger partial charge in [-0.05, 0) is 34.2 Å². The summed E-state index contributed by atoms with van der Waals surface area (Å²) in [5.74, 6) is 0. The van der Waals surface area contributed by atoms with Crippen LogP contribution in [0.5, 0.6) is 0 Å². The Balaban J connectivity index is 3.91. The molecule has 0 bridgehead atoms. The summed E-state index contributed by atoms with van der Waals surface area (Å²) in [7, 11) is 1.86. The molecule has 0 aliphatic rings. The molecular weight excluding hydrogens is 180 g/mol. The van der Waals surface area contributed by atoms with Crippen molar-refractivity contribution in [2.45, 2.75) is 45.8 Å². The molecule has 84 valence electrons. The maximum Gasteiger partial charge on any atom is 0.407 e. The lowest BCUT2D eigenvalue weighted by Gasteiger charge is -2.22. The van der Waals surface area contributed by atoms with Crippen LogP contribution in [0.4, 0.5) is 4.79 Å². The molecular formula is C10H22N2O2. The number of nitrogens with one attached hydrogen (secondary N) is 2. The lowest BCUT2D eigenvalue weighted by molar-refractivity contribution is 0.0503. The fourth-order valence-corrected chi connectivity index (χ4v) is 1.02. The van der Waals surface area contributed by atoms with Crippen LogP contribution in [-0.4, -0.2) is 31.3 Å². The molecule has 0 spiro atoms. The number of rotatable bonds is 4. The third-order valence-corrected chi connectivity index (χ3v) is 1.66. The molecule has 0 heterocycles. The van der Waals surface area contributed by atoms with Gasteiger partial charge in [-0.3, -0.25) is 0 Å². The molecule has 0 radical (unpaired) electrons. The Morgan fingerprint density at radius 1 is 1.43 bits per heavy atom. The second kappa shape index (κ2) is 5.86. The Morgan fingerprint density at radius 3 is 2.36 bits per heavy atom. The van der Waals surface area contributed by atoms with Crippen LogP contribution in [0.3, 0.4) is 0 Å². The standard InChI is InChI=1S/C10H22N2O2/c1-6-8(7-11-5)12-9(13)14-10(2,3)4/h8,11H,6-7H2,1-5H3,(H,12,13)/t8-/m1/s1. The van der Waals surface area contributed by atoms with E-state index in [2.05, 4.69) is 10.6 Å². The summed E-state index contributed by atoms with van der Waals surface area (Å²) in [5.41, 5.74) is -0.429. The molecule has 4 nitrogen and oxygen atoms in total. The Labute approximate surface area is 86.4 Å². The van der Waals surface area contributed by atoms with Crippen molar-refractivity contribution in [1.82, 2.24) is 10.6 Å². The summed E-state index contributed by atoms with van der Waals surface area (Å²) in [6, 6.07) is 0.134. The van der Waals surface area contributed by atoms with Gasteiger partial charge in [0.15, 0.2) is 0 Å². The Bertz CT molecular complexity index is 175. The van der Waals surface area contributed by atoms with Gasteiger partial charge in [-0.25, -0.2) is 4.79 Å². The van der Waals surface area contributed by atoms with E-state index in [1.807, 2.05) is 34.7 Å². The molecule has 2 N–H and O–H groups in total. The van der Waals surface area contributed by atoms with Crippen molar-refractivity contribution in [1.29, 1.82) is 0 Å².